The number of rotatable bonds is 6. The van der Waals surface area contributed by atoms with Crippen LogP contribution in [0.2, 0.25) is 0 Å². The standard InChI is InChI=1S/C31H23FN4O2/c1-18-15-20(16-33)7-11-23(18)28(21-3-2-4-21)29(22-9-5-19(6-10-22)8-14-27(37)38)24-12-13-26-30(25(24)17-34)31(32)36-35-26/h5-15,21H,2-4H2,1H3,(H,35,36)(H,37,38). The summed E-state index contributed by atoms with van der Waals surface area (Å²) in [5, 5.41) is 35.1. The van der Waals surface area contributed by atoms with Crippen LogP contribution in [0.25, 0.3) is 28.1 Å². The molecule has 4 aromatic rings. The first-order chi connectivity index (χ1) is 18.4. The molecule has 1 aliphatic rings. The van der Waals surface area contributed by atoms with Gasteiger partial charge in [-0.1, -0.05) is 42.8 Å². The van der Waals surface area contributed by atoms with Gasteiger partial charge >= 0.3 is 5.97 Å². The number of carboxylic acid groups (broad SMARTS) is 1. The Hall–Kier alpha value is -5.01. The first kappa shape index (κ1) is 24.7. The zero-order valence-corrected chi connectivity index (χ0v) is 20.6. The molecular weight excluding hydrogens is 479 g/mol. The Morgan fingerprint density at radius 2 is 1.82 bits per heavy atom. The Morgan fingerprint density at radius 1 is 1.08 bits per heavy atom. The molecule has 38 heavy (non-hydrogen) atoms. The largest absolute Gasteiger partial charge is 0.478 e. The molecule has 1 heterocycles. The average molecular weight is 503 g/mol. The molecule has 0 amide bonds. The van der Waals surface area contributed by atoms with Crippen molar-refractivity contribution in [3.63, 3.8) is 0 Å². The summed E-state index contributed by atoms with van der Waals surface area (Å²) in [6.45, 7) is 1.97. The molecule has 6 nitrogen and oxygen atoms in total. The van der Waals surface area contributed by atoms with Crippen molar-refractivity contribution in [1.82, 2.24) is 10.2 Å². The zero-order chi connectivity index (χ0) is 26.8. The molecule has 186 valence electrons. The Morgan fingerprint density at radius 3 is 2.42 bits per heavy atom. The highest BCUT2D eigenvalue weighted by Crippen LogP contribution is 2.47. The van der Waals surface area contributed by atoms with Crippen LogP contribution < -0.4 is 0 Å². The van der Waals surface area contributed by atoms with Gasteiger partial charge in [0.1, 0.15) is 6.07 Å². The third-order valence-corrected chi connectivity index (χ3v) is 7.10. The second-order valence-corrected chi connectivity index (χ2v) is 9.38. The summed E-state index contributed by atoms with van der Waals surface area (Å²) in [4.78, 5) is 11.0. The number of carboxylic acids is 1. The van der Waals surface area contributed by atoms with E-state index >= 15 is 0 Å². The zero-order valence-electron chi connectivity index (χ0n) is 20.6. The second kappa shape index (κ2) is 10.2. The molecule has 1 aromatic heterocycles. The lowest BCUT2D eigenvalue weighted by Gasteiger charge is -2.32. The molecule has 3 aromatic carbocycles. The lowest BCUT2D eigenvalue weighted by molar-refractivity contribution is -0.131. The van der Waals surface area contributed by atoms with Crippen LogP contribution in [0.15, 0.2) is 60.7 Å². The highest BCUT2D eigenvalue weighted by Gasteiger charge is 2.30. The minimum Gasteiger partial charge on any atom is -0.478 e. The smallest absolute Gasteiger partial charge is 0.328 e. The molecule has 7 heteroatoms. The highest BCUT2D eigenvalue weighted by molar-refractivity contribution is 6.04. The monoisotopic (exact) mass is 502 g/mol. The van der Waals surface area contributed by atoms with Gasteiger partial charge in [-0.05, 0) is 83.4 Å². The van der Waals surface area contributed by atoms with Gasteiger partial charge in [0.25, 0.3) is 0 Å². The van der Waals surface area contributed by atoms with E-state index in [9.17, 15) is 19.7 Å². The van der Waals surface area contributed by atoms with Crippen molar-refractivity contribution >= 4 is 34.1 Å². The first-order valence-electron chi connectivity index (χ1n) is 12.2. The van der Waals surface area contributed by atoms with Gasteiger partial charge in [-0.2, -0.15) is 20.0 Å². The fraction of sp³-hybridized carbons (Fsp3) is 0.161. The van der Waals surface area contributed by atoms with Gasteiger partial charge in [0.2, 0.25) is 5.95 Å². The van der Waals surface area contributed by atoms with Crippen molar-refractivity contribution in [3.05, 3.63) is 106 Å². The van der Waals surface area contributed by atoms with E-state index in [1.807, 2.05) is 49.4 Å². The number of fused-ring (bicyclic) bond motifs is 1. The van der Waals surface area contributed by atoms with Crippen LogP contribution >= 0.6 is 0 Å². The lowest BCUT2D eigenvalue weighted by atomic mass is 9.71. The van der Waals surface area contributed by atoms with Crippen LogP contribution in [-0.2, 0) is 4.79 Å². The Balaban J connectivity index is 1.84. The van der Waals surface area contributed by atoms with Crippen LogP contribution in [0.1, 0.15) is 58.2 Å². The molecule has 2 N–H and O–H groups in total. The third kappa shape index (κ3) is 4.47. The number of carbonyl (C=O) groups is 1. The van der Waals surface area contributed by atoms with E-state index in [1.165, 1.54) is 6.08 Å². The summed E-state index contributed by atoms with van der Waals surface area (Å²) in [6.07, 6.45) is 5.62. The van der Waals surface area contributed by atoms with Crippen molar-refractivity contribution in [3.8, 4) is 12.1 Å². The van der Waals surface area contributed by atoms with Gasteiger partial charge in [0.15, 0.2) is 0 Å². The van der Waals surface area contributed by atoms with Crippen LogP contribution in [-0.4, -0.2) is 21.3 Å². The summed E-state index contributed by atoms with van der Waals surface area (Å²) in [6, 6.07) is 21.0. The molecular formula is C31H23FN4O2. The summed E-state index contributed by atoms with van der Waals surface area (Å²) < 4.78 is 14.8. The first-order valence-corrected chi connectivity index (χ1v) is 12.2. The van der Waals surface area contributed by atoms with E-state index in [1.54, 1.807) is 12.1 Å². The number of nitrogens with zero attached hydrogens (tertiary/aromatic N) is 3. The maximum Gasteiger partial charge on any atom is 0.328 e. The number of aromatic nitrogens is 2. The van der Waals surface area contributed by atoms with Gasteiger partial charge in [0, 0.05) is 11.6 Å². The highest BCUT2D eigenvalue weighted by atomic mass is 19.1. The number of aliphatic carboxylic acids is 1. The SMILES string of the molecule is Cc1cc(C#N)ccc1C(=C(c1ccc(C=CC(=O)O)cc1)c1ccc2n[nH]c(F)c2c1C#N)C1CCC1. The number of hydrogen-bond donors (Lipinski definition) is 2. The molecule has 1 fully saturated rings. The number of H-pyrrole nitrogens is 1. The van der Waals surface area contributed by atoms with E-state index in [0.717, 1.165) is 53.2 Å². The van der Waals surface area contributed by atoms with E-state index in [-0.39, 0.29) is 16.9 Å². The summed E-state index contributed by atoms with van der Waals surface area (Å²) in [5.41, 5.74) is 7.05. The number of aromatic amines is 1. The van der Waals surface area contributed by atoms with Gasteiger partial charge < -0.3 is 5.11 Å². The van der Waals surface area contributed by atoms with Crippen LogP contribution in [0.3, 0.4) is 0 Å². The maximum atomic E-state index is 14.8. The Bertz CT molecular complexity index is 1710. The van der Waals surface area contributed by atoms with Crippen molar-refractivity contribution in [2.24, 2.45) is 5.92 Å². The number of benzene rings is 3. The van der Waals surface area contributed by atoms with E-state index in [0.29, 0.717) is 22.2 Å². The average Bonchev–Trinajstić information content (AvgIpc) is 3.27. The molecule has 1 saturated carbocycles. The topological polar surface area (TPSA) is 114 Å². The number of allylic oxidation sites excluding steroid dienone is 1. The van der Waals surface area contributed by atoms with Crippen molar-refractivity contribution in [1.29, 1.82) is 10.5 Å². The predicted octanol–water partition coefficient (Wildman–Crippen LogP) is 6.61. The van der Waals surface area contributed by atoms with Crippen molar-refractivity contribution in [2.75, 3.05) is 0 Å². The van der Waals surface area contributed by atoms with E-state index in [4.69, 9.17) is 5.11 Å². The van der Waals surface area contributed by atoms with Gasteiger partial charge in [-0.15, -0.1) is 0 Å². The minimum atomic E-state index is -1.03. The van der Waals surface area contributed by atoms with E-state index in [2.05, 4.69) is 22.3 Å². The van der Waals surface area contributed by atoms with E-state index < -0.39 is 11.9 Å². The van der Waals surface area contributed by atoms with Gasteiger partial charge in [-0.25, -0.2) is 4.79 Å². The van der Waals surface area contributed by atoms with Gasteiger partial charge in [0.05, 0.1) is 28.1 Å². The Kier molecular flexibility index (Phi) is 6.60. The summed E-state index contributed by atoms with van der Waals surface area (Å²) in [5.74, 6) is -1.47. The number of nitrogens with one attached hydrogen (secondary N) is 1. The number of aryl methyl sites for hydroxylation is 1. The molecule has 0 spiro atoms. The van der Waals surface area contributed by atoms with Crippen LogP contribution in [0.5, 0.6) is 0 Å². The maximum absolute atomic E-state index is 14.8. The lowest BCUT2D eigenvalue weighted by Crippen LogP contribution is -2.16. The molecule has 0 radical (unpaired) electrons. The molecule has 0 aliphatic heterocycles. The van der Waals surface area contributed by atoms with Crippen LogP contribution in [0, 0.1) is 41.5 Å². The fourth-order valence-corrected chi connectivity index (χ4v) is 5.07. The second-order valence-electron chi connectivity index (χ2n) is 9.38. The van der Waals surface area contributed by atoms with Gasteiger partial charge in [-0.3, -0.25) is 5.10 Å². The molecule has 5 rings (SSSR count). The van der Waals surface area contributed by atoms with Crippen LogP contribution in [0.4, 0.5) is 4.39 Å². The quantitative estimate of drug-likeness (QED) is 0.227. The molecule has 0 atom stereocenters. The molecule has 0 saturated heterocycles. The number of halogens is 1. The summed E-state index contributed by atoms with van der Waals surface area (Å²) >= 11 is 0. The molecule has 1 aliphatic carbocycles. The normalized spacial score (nSPS) is 14.1. The third-order valence-electron chi connectivity index (χ3n) is 7.10. The Labute approximate surface area is 219 Å². The van der Waals surface area contributed by atoms with Crippen molar-refractivity contribution in [2.45, 2.75) is 26.2 Å². The fourth-order valence-electron chi connectivity index (χ4n) is 5.07. The minimum absolute atomic E-state index is 0.146. The predicted molar refractivity (Wildman–Crippen MR) is 143 cm³/mol. The summed E-state index contributed by atoms with van der Waals surface area (Å²) in [7, 11) is 0. The van der Waals surface area contributed by atoms with Crippen molar-refractivity contribution < 1.29 is 14.3 Å². The number of hydrogen-bond acceptors (Lipinski definition) is 4. The molecule has 0 bridgehead atoms. The molecule has 0 unspecified atom stereocenters. The number of nitriles is 2.